The van der Waals surface area contributed by atoms with Crippen LogP contribution >= 0.6 is 0 Å². The molecule has 0 atom stereocenters. The van der Waals surface area contributed by atoms with Crippen LogP contribution in [0.1, 0.15) is 38.7 Å². The molecule has 5 nitrogen and oxygen atoms in total. The van der Waals surface area contributed by atoms with Crippen LogP contribution in [-0.2, 0) is 6.42 Å². The van der Waals surface area contributed by atoms with Crippen molar-refractivity contribution < 1.29 is 9.59 Å². The molecule has 0 saturated heterocycles. The zero-order valence-corrected chi connectivity index (χ0v) is 11.2. The zero-order chi connectivity index (χ0) is 14.1. The van der Waals surface area contributed by atoms with E-state index in [0.29, 0.717) is 24.1 Å². The van der Waals surface area contributed by atoms with Gasteiger partial charge in [-0.2, -0.15) is 0 Å². The van der Waals surface area contributed by atoms with Gasteiger partial charge < -0.3 is 4.98 Å². The molecule has 2 aromatic rings. The van der Waals surface area contributed by atoms with Crippen LogP contribution in [0.2, 0.25) is 0 Å². The van der Waals surface area contributed by atoms with Gasteiger partial charge in [-0.1, -0.05) is 12.1 Å². The van der Waals surface area contributed by atoms with Crippen molar-refractivity contribution in [3.63, 3.8) is 0 Å². The molecule has 1 aromatic carbocycles. The summed E-state index contributed by atoms with van der Waals surface area (Å²) in [6.07, 6.45) is 3.27. The first kappa shape index (κ1) is 12.6. The normalized spacial score (nSPS) is 13.9. The molecule has 3 rings (SSSR count). The Labute approximate surface area is 116 Å². The van der Waals surface area contributed by atoms with E-state index in [4.69, 9.17) is 0 Å². The van der Waals surface area contributed by atoms with Crippen LogP contribution in [0.25, 0.3) is 0 Å². The summed E-state index contributed by atoms with van der Waals surface area (Å²) in [6, 6.07) is 6.95. The number of aryl methyl sites for hydroxylation is 2. The van der Waals surface area contributed by atoms with Crippen LogP contribution in [-0.4, -0.2) is 33.2 Å². The van der Waals surface area contributed by atoms with Gasteiger partial charge in [-0.15, -0.1) is 0 Å². The standard InChI is InChI=1S/C15H15N3O2/c1-10-9-16-13(17-10)7-4-8-18-14(19)11-5-2-3-6-12(11)15(18)20/h2-3,5-6,9H,4,7-8H2,1H3,(H,16,17). The summed E-state index contributed by atoms with van der Waals surface area (Å²) in [5.41, 5.74) is 1.96. The number of H-pyrrole nitrogens is 1. The topological polar surface area (TPSA) is 66.1 Å². The second kappa shape index (κ2) is 4.92. The fourth-order valence-electron chi connectivity index (χ4n) is 2.44. The number of imidazole rings is 1. The van der Waals surface area contributed by atoms with Crippen LogP contribution in [0.4, 0.5) is 0 Å². The van der Waals surface area contributed by atoms with E-state index in [-0.39, 0.29) is 11.8 Å². The van der Waals surface area contributed by atoms with Crippen molar-refractivity contribution in [2.45, 2.75) is 19.8 Å². The van der Waals surface area contributed by atoms with Gasteiger partial charge in [0.1, 0.15) is 5.82 Å². The van der Waals surface area contributed by atoms with Crippen molar-refractivity contribution >= 4 is 11.8 Å². The summed E-state index contributed by atoms with van der Waals surface area (Å²) in [4.78, 5) is 33.0. The second-order valence-electron chi connectivity index (χ2n) is 4.90. The minimum atomic E-state index is -0.193. The van der Waals surface area contributed by atoms with Gasteiger partial charge in [0.15, 0.2) is 0 Å². The number of nitrogens with one attached hydrogen (secondary N) is 1. The molecule has 5 heteroatoms. The number of aromatic amines is 1. The molecule has 2 amide bonds. The summed E-state index contributed by atoms with van der Waals surface area (Å²) in [7, 11) is 0. The number of imide groups is 1. The summed E-state index contributed by atoms with van der Waals surface area (Å²) in [5.74, 6) is 0.501. The minimum Gasteiger partial charge on any atom is -0.348 e. The third-order valence-corrected chi connectivity index (χ3v) is 3.43. The average molecular weight is 269 g/mol. The van der Waals surface area contributed by atoms with Crippen LogP contribution in [0.3, 0.4) is 0 Å². The lowest BCUT2D eigenvalue weighted by Gasteiger charge is -2.12. The van der Waals surface area contributed by atoms with Crippen molar-refractivity contribution in [2.24, 2.45) is 0 Å². The van der Waals surface area contributed by atoms with Gasteiger partial charge in [-0.3, -0.25) is 14.5 Å². The highest BCUT2D eigenvalue weighted by molar-refractivity contribution is 6.21. The molecule has 1 aromatic heterocycles. The Morgan fingerprint density at radius 2 is 1.80 bits per heavy atom. The maximum atomic E-state index is 12.1. The van der Waals surface area contributed by atoms with E-state index in [1.807, 2.05) is 13.1 Å². The lowest BCUT2D eigenvalue weighted by molar-refractivity contribution is 0.0652. The van der Waals surface area contributed by atoms with E-state index < -0.39 is 0 Å². The predicted octanol–water partition coefficient (Wildman–Crippen LogP) is 1.95. The monoisotopic (exact) mass is 269 g/mol. The maximum Gasteiger partial charge on any atom is 0.261 e. The Balaban J connectivity index is 1.65. The van der Waals surface area contributed by atoms with Crippen molar-refractivity contribution in [3.05, 3.63) is 53.1 Å². The smallest absolute Gasteiger partial charge is 0.261 e. The van der Waals surface area contributed by atoms with Gasteiger partial charge in [0.2, 0.25) is 0 Å². The highest BCUT2D eigenvalue weighted by atomic mass is 16.2. The number of aromatic nitrogens is 2. The number of carbonyl (C=O) groups is 2. The summed E-state index contributed by atoms with van der Waals surface area (Å²) in [5, 5.41) is 0. The fraction of sp³-hybridized carbons (Fsp3) is 0.267. The maximum absolute atomic E-state index is 12.1. The molecular weight excluding hydrogens is 254 g/mol. The number of benzene rings is 1. The Bertz CT molecular complexity index is 640. The Morgan fingerprint density at radius 1 is 1.15 bits per heavy atom. The Morgan fingerprint density at radius 3 is 2.35 bits per heavy atom. The average Bonchev–Trinajstić information content (AvgIpc) is 2.97. The molecule has 0 radical (unpaired) electrons. The summed E-state index contributed by atoms with van der Waals surface area (Å²) in [6.45, 7) is 2.34. The molecule has 0 bridgehead atoms. The highest BCUT2D eigenvalue weighted by Gasteiger charge is 2.34. The first-order valence-electron chi connectivity index (χ1n) is 6.63. The molecule has 1 aliphatic heterocycles. The molecule has 102 valence electrons. The van der Waals surface area contributed by atoms with E-state index in [9.17, 15) is 9.59 Å². The summed E-state index contributed by atoms with van der Waals surface area (Å²) >= 11 is 0. The predicted molar refractivity (Wildman–Crippen MR) is 73.5 cm³/mol. The fourth-order valence-corrected chi connectivity index (χ4v) is 2.44. The summed E-state index contributed by atoms with van der Waals surface area (Å²) < 4.78 is 0. The van der Waals surface area contributed by atoms with E-state index in [1.54, 1.807) is 24.3 Å². The number of hydrogen-bond acceptors (Lipinski definition) is 3. The molecular formula is C15H15N3O2. The lowest BCUT2D eigenvalue weighted by Crippen LogP contribution is -2.31. The third kappa shape index (κ3) is 2.11. The Kier molecular flexibility index (Phi) is 3.10. The van der Waals surface area contributed by atoms with E-state index in [1.165, 1.54) is 4.90 Å². The molecule has 1 N–H and O–H groups in total. The zero-order valence-electron chi connectivity index (χ0n) is 11.2. The first-order valence-corrected chi connectivity index (χ1v) is 6.63. The molecule has 0 spiro atoms. The quantitative estimate of drug-likeness (QED) is 0.863. The minimum absolute atomic E-state index is 0.193. The SMILES string of the molecule is Cc1c[nH]c(CCCN2C(=O)c3ccccc3C2=O)n1. The first-order chi connectivity index (χ1) is 9.66. The van der Waals surface area contributed by atoms with E-state index in [2.05, 4.69) is 9.97 Å². The molecule has 0 saturated carbocycles. The van der Waals surface area contributed by atoms with Gasteiger partial charge in [0, 0.05) is 19.2 Å². The molecule has 20 heavy (non-hydrogen) atoms. The van der Waals surface area contributed by atoms with Crippen LogP contribution in [0.15, 0.2) is 30.5 Å². The molecule has 0 unspecified atom stereocenters. The highest BCUT2D eigenvalue weighted by Crippen LogP contribution is 2.22. The van der Waals surface area contributed by atoms with Gasteiger partial charge >= 0.3 is 0 Å². The van der Waals surface area contributed by atoms with Gasteiger partial charge in [0.05, 0.1) is 16.8 Å². The number of amides is 2. The number of carbonyl (C=O) groups excluding carboxylic acids is 2. The lowest BCUT2D eigenvalue weighted by atomic mass is 10.1. The number of rotatable bonds is 4. The van der Waals surface area contributed by atoms with Crippen LogP contribution < -0.4 is 0 Å². The van der Waals surface area contributed by atoms with Crippen LogP contribution in [0.5, 0.6) is 0 Å². The number of fused-ring (bicyclic) bond motifs is 1. The van der Waals surface area contributed by atoms with Crippen molar-refractivity contribution in [1.82, 2.24) is 14.9 Å². The number of nitrogens with zero attached hydrogens (tertiary/aromatic N) is 2. The van der Waals surface area contributed by atoms with Gasteiger partial charge in [-0.25, -0.2) is 4.98 Å². The molecule has 2 heterocycles. The van der Waals surface area contributed by atoms with Crippen LogP contribution in [0, 0.1) is 6.92 Å². The second-order valence-corrected chi connectivity index (χ2v) is 4.90. The van der Waals surface area contributed by atoms with Crippen molar-refractivity contribution in [3.8, 4) is 0 Å². The molecule has 0 fully saturated rings. The molecule has 1 aliphatic rings. The van der Waals surface area contributed by atoms with Gasteiger partial charge in [0.25, 0.3) is 11.8 Å². The largest absolute Gasteiger partial charge is 0.348 e. The third-order valence-electron chi connectivity index (χ3n) is 3.43. The van der Waals surface area contributed by atoms with Gasteiger partial charge in [-0.05, 0) is 25.5 Å². The van der Waals surface area contributed by atoms with E-state index in [0.717, 1.165) is 17.9 Å². The molecule has 0 aliphatic carbocycles. The van der Waals surface area contributed by atoms with E-state index >= 15 is 0 Å². The number of hydrogen-bond donors (Lipinski definition) is 1. The van der Waals surface area contributed by atoms with Crippen molar-refractivity contribution in [1.29, 1.82) is 0 Å². The Hall–Kier alpha value is -2.43. The van der Waals surface area contributed by atoms with Crippen molar-refractivity contribution in [2.75, 3.05) is 6.54 Å².